The van der Waals surface area contributed by atoms with E-state index in [1.807, 2.05) is 60.7 Å². The number of amides is 2. The Morgan fingerprint density at radius 2 is 1.05 bits per heavy atom. The molecule has 0 unspecified atom stereocenters. The molecular weight excluding hydrogens is 532 g/mol. The summed E-state index contributed by atoms with van der Waals surface area (Å²) >= 11 is 0. The maximum Gasteiger partial charge on any atom is 0.412 e. The van der Waals surface area contributed by atoms with Gasteiger partial charge in [-0.2, -0.15) is 0 Å². The summed E-state index contributed by atoms with van der Waals surface area (Å²) < 4.78 is 16.7. The summed E-state index contributed by atoms with van der Waals surface area (Å²) in [6.07, 6.45) is 2.68. The van der Waals surface area contributed by atoms with Crippen molar-refractivity contribution in [3.05, 3.63) is 66.7 Å². The van der Waals surface area contributed by atoms with E-state index in [1.54, 1.807) is 47.6 Å². The lowest BCUT2D eigenvalue weighted by atomic mass is 9.99. The highest BCUT2D eigenvalue weighted by molar-refractivity contribution is 5.91. The summed E-state index contributed by atoms with van der Waals surface area (Å²) in [6.45, 7) is 11.7. The van der Waals surface area contributed by atoms with Crippen LogP contribution in [0.2, 0.25) is 0 Å². The highest BCUT2D eigenvalue weighted by Crippen LogP contribution is 2.31. The van der Waals surface area contributed by atoms with Crippen molar-refractivity contribution < 1.29 is 28.9 Å². The van der Waals surface area contributed by atoms with Crippen LogP contribution in [0.3, 0.4) is 0 Å². The summed E-state index contributed by atoms with van der Waals surface area (Å²) in [5, 5.41) is 14.4. The van der Waals surface area contributed by atoms with Gasteiger partial charge in [0.2, 0.25) is 0 Å². The zero-order valence-electron chi connectivity index (χ0n) is 25.6. The molecular formula is C34H44N2O6. The number of hydrogen-bond acceptors (Lipinski definition) is 6. The van der Waals surface area contributed by atoms with Gasteiger partial charge >= 0.3 is 12.2 Å². The normalized spacial score (nSPS) is 11.5. The van der Waals surface area contributed by atoms with E-state index < -0.39 is 23.4 Å². The molecule has 0 heterocycles. The first-order chi connectivity index (χ1) is 19.8. The molecule has 0 saturated carbocycles. The molecule has 3 rings (SSSR count). The van der Waals surface area contributed by atoms with Crippen LogP contribution in [0, 0.1) is 0 Å². The number of anilines is 2. The van der Waals surface area contributed by atoms with Crippen molar-refractivity contribution in [1.82, 2.24) is 0 Å². The Morgan fingerprint density at radius 1 is 0.619 bits per heavy atom. The SMILES string of the molecule is CC(C)(C)OC(=O)Nc1cc(NC(=O)OC(C)(C)C)cc(-c2ccc(-c3ccc(OCCCCCCO)cc3)cc2)c1. The molecule has 0 bridgehead atoms. The fourth-order valence-electron chi connectivity index (χ4n) is 4.14. The number of unbranched alkanes of at least 4 members (excludes halogenated alkanes) is 3. The van der Waals surface area contributed by atoms with E-state index in [1.165, 1.54) is 0 Å². The molecule has 3 aromatic carbocycles. The molecule has 0 fully saturated rings. The monoisotopic (exact) mass is 576 g/mol. The smallest absolute Gasteiger partial charge is 0.412 e. The number of carbonyl (C=O) groups is 2. The third kappa shape index (κ3) is 11.4. The van der Waals surface area contributed by atoms with Crippen LogP contribution in [0.5, 0.6) is 5.75 Å². The van der Waals surface area contributed by atoms with E-state index in [0.717, 1.165) is 53.7 Å². The minimum absolute atomic E-state index is 0.243. The second-order valence-corrected chi connectivity index (χ2v) is 12.1. The Bertz CT molecular complexity index is 1260. The van der Waals surface area contributed by atoms with Crippen LogP contribution < -0.4 is 15.4 Å². The summed E-state index contributed by atoms with van der Waals surface area (Å²) in [7, 11) is 0. The molecule has 42 heavy (non-hydrogen) atoms. The average Bonchev–Trinajstić information content (AvgIpc) is 2.89. The predicted molar refractivity (Wildman–Crippen MR) is 168 cm³/mol. The first-order valence-electron chi connectivity index (χ1n) is 14.4. The van der Waals surface area contributed by atoms with Gasteiger partial charge in [0.15, 0.2) is 0 Å². The van der Waals surface area contributed by atoms with Crippen molar-refractivity contribution in [3.63, 3.8) is 0 Å². The fourth-order valence-corrected chi connectivity index (χ4v) is 4.14. The molecule has 226 valence electrons. The third-order valence-corrected chi connectivity index (χ3v) is 5.95. The molecule has 0 radical (unpaired) electrons. The lowest BCUT2D eigenvalue weighted by molar-refractivity contribution is 0.0625. The quantitative estimate of drug-likeness (QED) is 0.197. The molecule has 0 aliphatic rings. The predicted octanol–water partition coefficient (Wildman–Crippen LogP) is 8.65. The van der Waals surface area contributed by atoms with Crippen molar-refractivity contribution in [2.45, 2.75) is 78.4 Å². The van der Waals surface area contributed by atoms with E-state index >= 15 is 0 Å². The topological polar surface area (TPSA) is 106 Å². The lowest BCUT2D eigenvalue weighted by Gasteiger charge is -2.21. The standard InChI is InChI=1S/C34H44N2O6/c1-33(2,3)41-31(38)35-28-21-27(22-29(23-28)36-32(39)42-34(4,5)6)26-13-11-24(12-14-26)25-15-17-30(18-16-25)40-20-10-8-7-9-19-37/h11-18,21-23,37H,7-10,19-20H2,1-6H3,(H,35,38)(H,36,39). The number of rotatable bonds is 11. The second kappa shape index (κ2) is 14.7. The number of carbonyl (C=O) groups excluding carboxylic acids is 2. The maximum atomic E-state index is 12.5. The van der Waals surface area contributed by atoms with Gasteiger partial charge in [0, 0.05) is 18.0 Å². The van der Waals surface area contributed by atoms with Crippen LogP contribution in [0.1, 0.15) is 67.2 Å². The second-order valence-electron chi connectivity index (χ2n) is 12.1. The fraction of sp³-hybridized carbons (Fsp3) is 0.412. The summed E-state index contributed by atoms with van der Waals surface area (Å²) in [6, 6.07) is 21.4. The minimum atomic E-state index is -0.653. The zero-order valence-corrected chi connectivity index (χ0v) is 25.6. The van der Waals surface area contributed by atoms with E-state index in [0.29, 0.717) is 18.0 Å². The van der Waals surface area contributed by atoms with Crippen LogP contribution in [0.15, 0.2) is 66.7 Å². The molecule has 3 N–H and O–H groups in total. The Kier molecular flexibility index (Phi) is 11.4. The first-order valence-corrected chi connectivity index (χ1v) is 14.4. The molecule has 0 spiro atoms. The molecule has 0 aliphatic heterocycles. The number of ether oxygens (including phenoxy) is 3. The number of aliphatic hydroxyl groups is 1. The van der Waals surface area contributed by atoms with Crippen molar-refractivity contribution in [2.75, 3.05) is 23.8 Å². The first kappa shape index (κ1) is 32.5. The molecule has 0 aliphatic carbocycles. The number of aliphatic hydroxyl groups excluding tert-OH is 1. The molecule has 0 saturated heterocycles. The van der Waals surface area contributed by atoms with Crippen molar-refractivity contribution in [3.8, 4) is 28.0 Å². The van der Waals surface area contributed by atoms with E-state index in [4.69, 9.17) is 19.3 Å². The summed E-state index contributed by atoms with van der Waals surface area (Å²) in [4.78, 5) is 24.9. The molecule has 8 nitrogen and oxygen atoms in total. The van der Waals surface area contributed by atoms with Crippen molar-refractivity contribution in [2.24, 2.45) is 0 Å². The van der Waals surface area contributed by atoms with Gasteiger partial charge in [0.05, 0.1) is 6.61 Å². The van der Waals surface area contributed by atoms with E-state index in [2.05, 4.69) is 10.6 Å². The van der Waals surface area contributed by atoms with Crippen LogP contribution in [0.25, 0.3) is 22.3 Å². The van der Waals surface area contributed by atoms with Crippen molar-refractivity contribution >= 4 is 23.6 Å². The van der Waals surface area contributed by atoms with Gasteiger partial charge in [-0.05, 0) is 113 Å². The van der Waals surface area contributed by atoms with E-state index in [9.17, 15) is 9.59 Å². The van der Waals surface area contributed by atoms with Gasteiger partial charge in [-0.25, -0.2) is 9.59 Å². The Hall–Kier alpha value is -4.04. The van der Waals surface area contributed by atoms with Crippen LogP contribution in [0.4, 0.5) is 21.0 Å². The van der Waals surface area contributed by atoms with Gasteiger partial charge in [-0.1, -0.05) is 42.8 Å². The van der Waals surface area contributed by atoms with Gasteiger partial charge in [0.1, 0.15) is 17.0 Å². The molecule has 3 aromatic rings. The number of hydrogen-bond donors (Lipinski definition) is 3. The molecule has 0 atom stereocenters. The number of benzene rings is 3. The minimum Gasteiger partial charge on any atom is -0.494 e. The highest BCUT2D eigenvalue weighted by atomic mass is 16.6. The van der Waals surface area contributed by atoms with Crippen LogP contribution >= 0.6 is 0 Å². The summed E-state index contributed by atoms with van der Waals surface area (Å²) in [5.74, 6) is 0.830. The lowest BCUT2D eigenvalue weighted by Crippen LogP contribution is -2.28. The Balaban J connectivity index is 1.76. The van der Waals surface area contributed by atoms with Crippen LogP contribution in [-0.4, -0.2) is 41.7 Å². The van der Waals surface area contributed by atoms with Crippen LogP contribution in [-0.2, 0) is 9.47 Å². The largest absolute Gasteiger partial charge is 0.494 e. The average molecular weight is 577 g/mol. The Labute approximate surface area is 249 Å². The molecule has 0 aromatic heterocycles. The van der Waals surface area contributed by atoms with Gasteiger partial charge in [0.25, 0.3) is 0 Å². The van der Waals surface area contributed by atoms with Gasteiger partial charge < -0.3 is 19.3 Å². The highest BCUT2D eigenvalue weighted by Gasteiger charge is 2.19. The van der Waals surface area contributed by atoms with Crippen molar-refractivity contribution in [1.29, 1.82) is 0 Å². The third-order valence-electron chi connectivity index (χ3n) is 5.95. The van der Waals surface area contributed by atoms with Gasteiger partial charge in [-0.3, -0.25) is 10.6 Å². The molecule has 8 heteroatoms. The Morgan fingerprint density at radius 3 is 1.50 bits per heavy atom. The molecule has 2 amide bonds. The maximum absolute atomic E-state index is 12.5. The number of nitrogens with one attached hydrogen (secondary N) is 2. The van der Waals surface area contributed by atoms with Gasteiger partial charge in [-0.15, -0.1) is 0 Å². The zero-order chi connectivity index (χ0) is 30.8. The summed E-state index contributed by atoms with van der Waals surface area (Å²) in [5.41, 5.74) is 3.44. The van der Waals surface area contributed by atoms with E-state index in [-0.39, 0.29) is 6.61 Å².